The number of benzene rings is 1. The van der Waals surface area contributed by atoms with Crippen LogP contribution in [0, 0.1) is 17.8 Å². The van der Waals surface area contributed by atoms with Gasteiger partial charge in [0.15, 0.2) is 0 Å². The van der Waals surface area contributed by atoms with E-state index in [1.54, 1.807) is 13.0 Å². The van der Waals surface area contributed by atoms with E-state index in [0.717, 1.165) is 24.5 Å². The van der Waals surface area contributed by atoms with Crippen molar-refractivity contribution < 1.29 is 18.0 Å². The Bertz CT molecular complexity index is 584. The first kappa shape index (κ1) is 16.3. The van der Waals surface area contributed by atoms with Crippen LogP contribution in [0.1, 0.15) is 56.2 Å². The van der Waals surface area contributed by atoms with Gasteiger partial charge in [-0.25, -0.2) is 0 Å². The Morgan fingerprint density at radius 1 is 1.30 bits per heavy atom. The average molecular weight is 325 g/mol. The molecule has 0 saturated heterocycles. The van der Waals surface area contributed by atoms with Crippen LogP contribution in [0.5, 0.6) is 0 Å². The number of carbonyl (C=O) groups excluding carboxylic acids is 1. The standard InChI is InChI=1S/C18H22F3NO/c1-11(13-3-2-4-16(9-13)18(19,20)21)22-17(23)10-15-8-12-5-6-14(15)7-12/h2-4,9,11-12,14-15H,5-8,10H2,1H3,(H,22,23). The highest BCUT2D eigenvalue weighted by molar-refractivity contribution is 5.76. The molecule has 4 atom stereocenters. The summed E-state index contributed by atoms with van der Waals surface area (Å²) in [6, 6.07) is 4.76. The van der Waals surface area contributed by atoms with Gasteiger partial charge in [-0.3, -0.25) is 4.79 Å². The van der Waals surface area contributed by atoms with E-state index >= 15 is 0 Å². The van der Waals surface area contributed by atoms with Crippen molar-refractivity contribution in [1.29, 1.82) is 0 Å². The molecule has 0 spiro atoms. The molecule has 1 N–H and O–H groups in total. The molecule has 1 aromatic carbocycles. The fourth-order valence-electron chi connectivity index (χ4n) is 4.23. The first-order chi connectivity index (χ1) is 10.8. The lowest BCUT2D eigenvalue weighted by Crippen LogP contribution is -2.29. The fraction of sp³-hybridized carbons (Fsp3) is 0.611. The third kappa shape index (κ3) is 3.70. The number of hydrogen-bond donors (Lipinski definition) is 1. The van der Waals surface area contributed by atoms with Gasteiger partial charge < -0.3 is 5.32 Å². The van der Waals surface area contributed by atoms with Crippen molar-refractivity contribution in [1.82, 2.24) is 5.32 Å². The van der Waals surface area contributed by atoms with Gasteiger partial charge in [-0.05, 0) is 61.6 Å². The van der Waals surface area contributed by atoms with E-state index in [4.69, 9.17) is 0 Å². The van der Waals surface area contributed by atoms with Crippen LogP contribution in [0.4, 0.5) is 13.2 Å². The minimum absolute atomic E-state index is 0.0486. The highest BCUT2D eigenvalue weighted by atomic mass is 19.4. The minimum atomic E-state index is -4.36. The summed E-state index contributed by atoms with van der Waals surface area (Å²) in [7, 11) is 0. The van der Waals surface area contributed by atoms with Crippen molar-refractivity contribution in [3.63, 3.8) is 0 Å². The van der Waals surface area contributed by atoms with Crippen molar-refractivity contribution in [3.05, 3.63) is 35.4 Å². The van der Waals surface area contributed by atoms with E-state index in [1.807, 2.05) is 0 Å². The van der Waals surface area contributed by atoms with Gasteiger partial charge >= 0.3 is 6.18 Å². The van der Waals surface area contributed by atoms with Crippen LogP contribution < -0.4 is 5.32 Å². The quantitative estimate of drug-likeness (QED) is 0.853. The molecule has 3 rings (SSSR count). The van der Waals surface area contributed by atoms with E-state index in [2.05, 4.69) is 5.32 Å². The van der Waals surface area contributed by atoms with Gasteiger partial charge in [-0.2, -0.15) is 13.2 Å². The third-order valence-electron chi connectivity index (χ3n) is 5.42. The Kier molecular flexibility index (Phi) is 4.39. The summed E-state index contributed by atoms with van der Waals surface area (Å²) in [4.78, 5) is 12.2. The highest BCUT2D eigenvalue weighted by Gasteiger charge is 2.40. The number of fused-ring (bicyclic) bond motifs is 2. The van der Waals surface area contributed by atoms with Crippen LogP contribution in [-0.2, 0) is 11.0 Å². The number of hydrogen-bond acceptors (Lipinski definition) is 1. The normalized spacial score (nSPS) is 27.9. The molecule has 0 aromatic heterocycles. The van der Waals surface area contributed by atoms with Crippen LogP contribution >= 0.6 is 0 Å². The van der Waals surface area contributed by atoms with Gasteiger partial charge in [0.05, 0.1) is 11.6 Å². The van der Waals surface area contributed by atoms with Gasteiger partial charge in [-0.15, -0.1) is 0 Å². The van der Waals surface area contributed by atoms with Crippen molar-refractivity contribution in [3.8, 4) is 0 Å². The Labute approximate surface area is 134 Å². The molecule has 0 radical (unpaired) electrons. The molecule has 23 heavy (non-hydrogen) atoms. The second kappa shape index (κ2) is 6.17. The van der Waals surface area contributed by atoms with Crippen LogP contribution in [-0.4, -0.2) is 5.91 Å². The largest absolute Gasteiger partial charge is 0.416 e. The predicted molar refractivity (Wildman–Crippen MR) is 81.6 cm³/mol. The first-order valence-corrected chi connectivity index (χ1v) is 8.29. The molecule has 4 unspecified atom stereocenters. The summed E-state index contributed by atoms with van der Waals surface area (Å²) < 4.78 is 38.3. The summed E-state index contributed by atoms with van der Waals surface area (Å²) >= 11 is 0. The monoisotopic (exact) mass is 325 g/mol. The SMILES string of the molecule is CC(NC(=O)CC1CC2CCC1C2)c1cccc(C(F)(F)F)c1. The minimum Gasteiger partial charge on any atom is -0.350 e. The third-order valence-corrected chi connectivity index (χ3v) is 5.42. The molecule has 0 heterocycles. The molecular weight excluding hydrogens is 303 g/mol. The maximum atomic E-state index is 12.8. The van der Waals surface area contributed by atoms with Crippen LogP contribution in [0.25, 0.3) is 0 Å². The topological polar surface area (TPSA) is 29.1 Å². The van der Waals surface area contributed by atoms with Crippen LogP contribution in [0.2, 0.25) is 0 Å². The van der Waals surface area contributed by atoms with Gasteiger partial charge in [0.1, 0.15) is 0 Å². The number of alkyl halides is 3. The molecule has 2 aliphatic rings. The predicted octanol–water partition coefficient (Wildman–Crippen LogP) is 4.71. The maximum Gasteiger partial charge on any atom is 0.416 e. The summed E-state index contributed by atoms with van der Waals surface area (Å²) in [6.07, 6.45) is 1.06. The van der Waals surface area contributed by atoms with E-state index < -0.39 is 17.8 Å². The van der Waals surface area contributed by atoms with Gasteiger partial charge in [-0.1, -0.05) is 18.6 Å². The van der Waals surface area contributed by atoms with Crippen molar-refractivity contribution in [2.24, 2.45) is 17.8 Å². The zero-order valence-electron chi connectivity index (χ0n) is 13.2. The Balaban J connectivity index is 1.58. The first-order valence-electron chi connectivity index (χ1n) is 8.29. The van der Waals surface area contributed by atoms with E-state index in [-0.39, 0.29) is 5.91 Å². The molecule has 2 bridgehead atoms. The Morgan fingerprint density at radius 3 is 2.70 bits per heavy atom. The van der Waals surface area contributed by atoms with E-state index in [0.29, 0.717) is 23.8 Å². The summed E-state index contributed by atoms with van der Waals surface area (Å²) in [6.45, 7) is 1.73. The molecule has 2 aliphatic carbocycles. The number of rotatable bonds is 4. The average Bonchev–Trinajstić information content (AvgIpc) is 3.09. The molecule has 5 heteroatoms. The number of nitrogens with one attached hydrogen (secondary N) is 1. The maximum absolute atomic E-state index is 12.8. The second-order valence-electron chi connectivity index (χ2n) is 7.05. The van der Waals surface area contributed by atoms with Gasteiger partial charge in [0, 0.05) is 6.42 Å². The molecule has 1 amide bonds. The highest BCUT2D eigenvalue weighted by Crippen LogP contribution is 2.49. The number of carbonyl (C=O) groups is 1. The number of amides is 1. The lowest BCUT2D eigenvalue weighted by molar-refractivity contribution is -0.137. The summed E-state index contributed by atoms with van der Waals surface area (Å²) in [5.74, 6) is 1.88. The molecule has 126 valence electrons. The summed E-state index contributed by atoms with van der Waals surface area (Å²) in [5.41, 5.74) is -0.190. The molecule has 0 aliphatic heterocycles. The molecule has 2 fully saturated rings. The van der Waals surface area contributed by atoms with Crippen molar-refractivity contribution >= 4 is 5.91 Å². The number of halogens is 3. The molecule has 2 nitrogen and oxygen atoms in total. The van der Waals surface area contributed by atoms with Gasteiger partial charge in [0.2, 0.25) is 5.91 Å². The molecule has 2 saturated carbocycles. The van der Waals surface area contributed by atoms with Crippen molar-refractivity contribution in [2.75, 3.05) is 0 Å². The van der Waals surface area contributed by atoms with Crippen molar-refractivity contribution in [2.45, 2.75) is 51.2 Å². The Hall–Kier alpha value is -1.52. The van der Waals surface area contributed by atoms with Gasteiger partial charge in [0.25, 0.3) is 0 Å². The lowest BCUT2D eigenvalue weighted by atomic mass is 9.86. The lowest BCUT2D eigenvalue weighted by Gasteiger charge is -2.22. The molecular formula is C18H22F3NO. The smallest absolute Gasteiger partial charge is 0.350 e. The zero-order valence-corrected chi connectivity index (χ0v) is 13.2. The summed E-state index contributed by atoms with van der Waals surface area (Å²) in [5, 5.41) is 2.85. The second-order valence-corrected chi connectivity index (χ2v) is 7.05. The van der Waals surface area contributed by atoms with Crippen LogP contribution in [0.3, 0.4) is 0 Å². The molecule has 1 aromatic rings. The van der Waals surface area contributed by atoms with Crippen LogP contribution in [0.15, 0.2) is 24.3 Å². The van der Waals surface area contributed by atoms with E-state index in [9.17, 15) is 18.0 Å². The fourth-order valence-corrected chi connectivity index (χ4v) is 4.23. The van der Waals surface area contributed by atoms with E-state index in [1.165, 1.54) is 25.3 Å². The zero-order chi connectivity index (χ0) is 16.6. The Morgan fingerprint density at radius 2 is 2.09 bits per heavy atom.